The van der Waals surface area contributed by atoms with Crippen LogP contribution in [0.2, 0.25) is 18.1 Å². The van der Waals surface area contributed by atoms with Crippen molar-refractivity contribution in [3.8, 4) is 11.1 Å². The number of hydrogen-bond donors (Lipinski definition) is 0. The predicted molar refractivity (Wildman–Crippen MR) is 120 cm³/mol. The number of carbonyl (C=O) groups is 1. The number of benzene rings is 2. The minimum Gasteiger partial charge on any atom is -0.447 e. The minimum atomic E-state index is -1.87. The van der Waals surface area contributed by atoms with Gasteiger partial charge >= 0.3 is 6.09 Å². The molecule has 0 spiro atoms. The molecule has 0 radical (unpaired) electrons. The summed E-state index contributed by atoms with van der Waals surface area (Å²) in [6, 6.07) is 16.6. The maximum absolute atomic E-state index is 12.7. The van der Waals surface area contributed by atoms with E-state index in [9.17, 15) is 4.79 Å². The SMILES string of the molecule is CC(C)(C)[Si](C)(C)OC[C@@H]1CON1C(=O)OCC1c2ccccc2-c2ccccc21. The number of hydrogen-bond acceptors (Lipinski definition) is 4. The monoisotopic (exact) mass is 425 g/mol. The average Bonchev–Trinajstić information content (AvgIpc) is 2.98. The van der Waals surface area contributed by atoms with Gasteiger partial charge < -0.3 is 9.16 Å². The Morgan fingerprint density at radius 1 is 1.03 bits per heavy atom. The van der Waals surface area contributed by atoms with Crippen LogP contribution in [-0.2, 0) is 14.0 Å². The van der Waals surface area contributed by atoms with Crippen molar-refractivity contribution in [1.82, 2.24) is 5.06 Å². The summed E-state index contributed by atoms with van der Waals surface area (Å²) in [5, 5.41) is 1.46. The lowest BCUT2D eigenvalue weighted by molar-refractivity contribution is -0.266. The molecule has 1 saturated heterocycles. The van der Waals surface area contributed by atoms with Gasteiger partial charge in [-0.15, -0.1) is 0 Å². The van der Waals surface area contributed by atoms with Gasteiger partial charge in [0.05, 0.1) is 6.61 Å². The van der Waals surface area contributed by atoms with Gasteiger partial charge in [-0.3, -0.25) is 4.84 Å². The van der Waals surface area contributed by atoms with Crippen LogP contribution in [0.25, 0.3) is 11.1 Å². The summed E-state index contributed by atoms with van der Waals surface area (Å²) in [6.07, 6.45) is -0.438. The molecule has 1 amide bonds. The Kier molecular flexibility index (Phi) is 5.51. The Balaban J connectivity index is 1.38. The van der Waals surface area contributed by atoms with E-state index in [1.54, 1.807) is 0 Å². The normalized spacial score (nSPS) is 18.6. The highest BCUT2D eigenvalue weighted by Gasteiger charge is 2.42. The van der Waals surface area contributed by atoms with E-state index in [1.807, 2.05) is 24.3 Å². The molecule has 0 saturated carbocycles. The molecule has 0 unspecified atom stereocenters. The summed E-state index contributed by atoms with van der Waals surface area (Å²) >= 11 is 0. The van der Waals surface area contributed by atoms with Crippen LogP contribution in [0.15, 0.2) is 48.5 Å². The van der Waals surface area contributed by atoms with Crippen LogP contribution >= 0.6 is 0 Å². The van der Waals surface area contributed by atoms with E-state index in [0.717, 1.165) is 0 Å². The maximum Gasteiger partial charge on any atom is 0.434 e. The lowest BCUT2D eigenvalue weighted by Crippen LogP contribution is -2.57. The second kappa shape index (κ2) is 7.83. The first-order chi connectivity index (χ1) is 14.2. The van der Waals surface area contributed by atoms with E-state index < -0.39 is 14.4 Å². The first-order valence-electron chi connectivity index (χ1n) is 10.6. The summed E-state index contributed by atoms with van der Waals surface area (Å²) in [5.41, 5.74) is 4.84. The van der Waals surface area contributed by atoms with Crippen LogP contribution in [0.3, 0.4) is 0 Å². The molecule has 1 aliphatic carbocycles. The molecule has 0 N–H and O–H groups in total. The summed E-state index contributed by atoms with van der Waals surface area (Å²) in [5.74, 6) is 0.0459. The van der Waals surface area contributed by atoms with E-state index >= 15 is 0 Å². The number of rotatable bonds is 5. The molecule has 0 aromatic heterocycles. The quantitative estimate of drug-likeness (QED) is 0.587. The minimum absolute atomic E-state index is 0.0459. The van der Waals surface area contributed by atoms with Crippen molar-refractivity contribution in [1.29, 1.82) is 0 Å². The second-order valence-corrected chi connectivity index (χ2v) is 14.5. The number of carbonyl (C=O) groups excluding carboxylic acids is 1. The van der Waals surface area contributed by atoms with Gasteiger partial charge in [-0.1, -0.05) is 69.3 Å². The van der Waals surface area contributed by atoms with Gasteiger partial charge in [0.25, 0.3) is 0 Å². The molecule has 2 aromatic rings. The van der Waals surface area contributed by atoms with Gasteiger partial charge in [0, 0.05) is 5.92 Å². The number of ether oxygens (including phenoxy) is 1. The molecule has 0 bridgehead atoms. The molecule has 5 nitrogen and oxygen atoms in total. The van der Waals surface area contributed by atoms with Gasteiger partial charge in [-0.05, 0) is 40.4 Å². The van der Waals surface area contributed by atoms with Crippen LogP contribution < -0.4 is 0 Å². The van der Waals surface area contributed by atoms with Crippen molar-refractivity contribution in [2.75, 3.05) is 19.8 Å². The number of hydroxylamine groups is 2. The third-order valence-corrected chi connectivity index (χ3v) is 11.2. The Hall–Kier alpha value is -2.15. The zero-order valence-electron chi connectivity index (χ0n) is 18.5. The van der Waals surface area contributed by atoms with E-state index in [-0.39, 0.29) is 17.0 Å². The maximum atomic E-state index is 12.7. The third-order valence-electron chi connectivity index (χ3n) is 6.70. The van der Waals surface area contributed by atoms with Crippen molar-refractivity contribution < 1.29 is 18.8 Å². The average molecular weight is 426 g/mol. The Morgan fingerprint density at radius 2 is 1.60 bits per heavy atom. The van der Waals surface area contributed by atoms with Crippen LogP contribution in [0.5, 0.6) is 0 Å². The van der Waals surface area contributed by atoms with Crippen LogP contribution in [0, 0.1) is 0 Å². The fourth-order valence-electron chi connectivity index (χ4n) is 3.75. The van der Waals surface area contributed by atoms with Gasteiger partial charge in [0.2, 0.25) is 0 Å². The second-order valence-electron chi connectivity index (χ2n) is 9.65. The number of fused-ring (bicyclic) bond motifs is 3. The molecule has 2 aromatic carbocycles. The molecule has 30 heavy (non-hydrogen) atoms. The zero-order chi connectivity index (χ0) is 21.5. The first kappa shape index (κ1) is 21.1. The van der Waals surface area contributed by atoms with Gasteiger partial charge in [0.15, 0.2) is 8.32 Å². The van der Waals surface area contributed by atoms with E-state index in [4.69, 9.17) is 14.0 Å². The molecule has 1 heterocycles. The molecular formula is C24H31NO4Si. The largest absolute Gasteiger partial charge is 0.447 e. The van der Waals surface area contributed by atoms with Gasteiger partial charge in [-0.2, -0.15) is 5.06 Å². The van der Waals surface area contributed by atoms with Crippen molar-refractivity contribution in [3.63, 3.8) is 0 Å². The number of nitrogens with zero attached hydrogens (tertiary/aromatic N) is 1. The lowest BCUT2D eigenvalue weighted by atomic mass is 9.98. The van der Waals surface area contributed by atoms with Crippen molar-refractivity contribution in [3.05, 3.63) is 59.7 Å². The Bertz CT molecular complexity index is 891. The van der Waals surface area contributed by atoms with E-state index in [1.165, 1.54) is 27.3 Å². The van der Waals surface area contributed by atoms with Crippen LogP contribution in [-0.4, -0.2) is 45.3 Å². The van der Waals surface area contributed by atoms with E-state index in [0.29, 0.717) is 19.8 Å². The van der Waals surface area contributed by atoms with E-state index in [2.05, 4.69) is 58.1 Å². The molecule has 1 atom stereocenters. The highest BCUT2D eigenvalue weighted by molar-refractivity contribution is 6.74. The lowest BCUT2D eigenvalue weighted by Gasteiger charge is -2.42. The summed E-state index contributed by atoms with van der Waals surface area (Å²) in [4.78, 5) is 18.1. The van der Waals surface area contributed by atoms with Gasteiger partial charge in [-0.25, -0.2) is 4.79 Å². The van der Waals surface area contributed by atoms with Crippen molar-refractivity contribution in [2.45, 2.75) is 50.9 Å². The van der Waals surface area contributed by atoms with Crippen LogP contribution in [0.4, 0.5) is 4.79 Å². The molecule has 160 valence electrons. The highest BCUT2D eigenvalue weighted by Crippen LogP contribution is 2.44. The smallest absolute Gasteiger partial charge is 0.434 e. The molecule has 6 heteroatoms. The van der Waals surface area contributed by atoms with Crippen molar-refractivity contribution >= 4 is 14.4 Å². The molecule has 2 aliphatic rings. The third kappa shape index (κ3) is 3.79. The Labute approximate surface area is 180 Å². The molecule has 4 rings (SSSR count). The topological polar surface area (TPSA) is 48.0 Å². The summed E-state index contributed by atoms with van der Waals surface area (Å²) < 4.78 is 11.9. The fourth-order valence-corrected chi connectivity index (χ4v) is 4.79. The summed E-state index contributed by atoms with van der Waals surface area (Å²) in [6.45, 7) is 12.3. The molecular weight excluding hydrogens is 394 g/mol. The highest BCUT2D eigenvalue weighted by atomic mass is 28.4. The van der Waals surface area contributed by atoms with Gasteiger partial charge in [0.1, 0.15) is 19.3 Å². The predicted octanol–water partition coefficient (Wildman–Crippen LogP) is 5.57. The molecule has 1 fully saturated rings. The zero-order valence-corrected chi connectivity index (χ0v) is 19.5. The number of amides is 1. The van der Waals surface area contributed by atoms with Crippen LogP contribution in [0.1, 0.15) is 37.8 Å². The fraction of sp³-hybridized carbons (Fsp3) is 0.458. The Morgan fingerprint density at radius 3 is 2.10 bits per heavy atom. The molecule has 1 aliphatic heterocycles. The first-order valence-corrected chi connectivity index (χ1v) is 13.5. The summed E-state index contributed by atoms with van der Waals surface area (Å²) in [7, 11) is -1.87. The standard InChI is InChI=1S/C24H31NO4Si/c1-24(2,3)30(4,5)29-15-17-14-28-25(17)23(26)27-16-22-20-12-8-6-10-18(20)19-11-7-9-13-21(19)22/h6-13,17,22H,14-16H2,1-5H3/t17-/m0/s1. The van der Waals surface area contributed by atoms with Crippen molar-refractivity contribution in [2.24, 2.45) is 0 Å².